The Kier molecular flexibility index (Phi) is 7.97. The molecular weight excluding hydrogens is 503 g/mol. The summed E-state index contributed by atoms with van der Waals surface area (Å²) in [5.41, 5.74) is 1.33. The molecule has 4 aromatic rings. The number of hydrogen-bond donors (Lipinski definition) is 3. The summed E-state index contributed by atoms with van der Waals surface area (Å²) < 4.78 is 6.52. The maximum Gasteiger partial charge on any atom is 0.328 e. The van der Waals surface area contributed by atoms with Crippen molar-refractivity contribution in [3.63, 3.8) is 0 Å². The zero-order valence-electron chi connectivity index (χ0n) is 19.4. The third-order valence-electron chi connectivity index (χ3n) is 5.75. The average Bonchev–Trinajstić information content (AvgIpc) is 2.86. The fourth-order valence-corrected chi connectivity index (χ4v) is 4.32. The van der Waals surface area contributed by atoms with E-state index in [1.807, 2.05) is 36.4 Å². The van der Waals surface area contributed by atoms with Crippen LogP contribution in [0.5, 0.6) is 5.75 Å². The van der Waals surface area contributed by atoms with Crippen LogP contribution in [0.1, 0.15) is 11.1 Å². The van der Waals surface area contributed by atoms with Gasteiger partial charge in [-0.15, -0.1) is 0 Å². The van der Waals surface area contributed by atoms with Crippen molar-refractivity contribution in [3.8, 4) is 5.75 Å². The molecule has 1 aromatic heterocycles. The van der Waals surface area contributed by atoms with E-state index < -0.39 is 17.3 Å². The largest absolute Gasteiger partial charge is 0.495 e. The van der Waals surface area contributed by atoms with Crippen LogP contribution < -0.4 is 26.6 Å². The molecule has 1 heterocycles. The fourth-order valence-electron chi connectivity index (χ4n) is 3.86. The summed E-state index contributed by atoms with van der Waals surface area (Å²) in [6.07, 6.45) is 0.975. The van der Waals surface area contributed by atoms with Crippen molar-refractivity contribution in [1.29, 1.82) is 0 Å². The summed E-state index contributed by atoms with van der Waals surface area (Å²) in [7, 11) is 1.43. The highest BCUT2D eigenvalue weighted by molar-refractivity contribution is 6.31. The minimum absolute atomic E-state index is 0.157. The first-order valence-corrected chi connectivity index (χ1v) is 12.0. The van der Waals surface area contributed by atoms with Crippen LogP contribution in [0.3, 0.4) is 0 Å². The number of aromatic amines is 1. The monoisotopic (exact) mass is 526 g/mol. The van der Waals surface area contributed by atoms with E-state index in [1.54, 1.807) is 12.1 Å². The number of nitrogens with zero attached hydrogens (tertiary/aromatic N) is 1. The van der Waals surface area contributed by atoms with Crippen LogP contribution in [0.25, 0.3) is 10.9 Å². The fraction of sp³-hybridized carbons (Fsp3) is 0.192. The number of fused-ring (bicyclic) bond motifs is 1. The third-order valence-corrected chi connectivity index (χ3v) is 6.49. The number of methoxy groups -OCH3 is 1. The van der Waals surface area contributed by atoms with Gasteiger partial charge in [-0.2, -0.15) is 0 Å². The number of carbonyl (C=O) groups excluding carboxylic acids is 1. The number of aryl methyl sites for hydroxylation is 1. The van der Waals surface area contributed by atoms with E-state index in [4.69, 9.17) is 27.9 Å². The number of benzene rings is 3. The van der Waals surface area contributed by atoms with E-state index in [1.165, 1.54) is 19.2 Å². The van der Waals surface area contributed by atoms with Gasteiger partial charge in [-0.3, -0.25) is 9.36 Å². The first kappa shape index (κ1) is 25.3. The topological polar surface area (TPSA) is 105 Å². The smallest absolute Gasteiger partial charge is 0.328 e. The molecule has 0 bridgehead atoms. The van der Waals surface area contributed by atoms with Gasteiger partial charge in [0.05, 0.1) is 23.7 Å². The van der Waals surface area contributed by atoms with Crippen molar-refractivity contribution >= 4 is 45.8 Å². The maximum absolute atomic E-state index is 13.1. The van der Waals surface area contributed by atoms with Gasteiger partial charge in [-0.25, -0.2) is 9.59 Å². The molecule has 4 rings (SSSR count). The molecule has 0 aliphatic heterocycles. The predicted octanol–water partition coefficient (Wildman–Crippen LogP) is 4.61. The van der Waals surface area contributed by atoms with Crippen molar-refractivity contribution < 1.29 is 9.53 Å². The lowest BCUT2D eigenvalue weighted by Gasteiger charge is -2.14. The molecular formula is C26H24Cl2N4O4. The molecule has 186 valence electrons. The van der Waals surface area contributed by atoms with Crippen LogP contribution in [-0.4, -0.2) is 29.2 Å². The minimum Gasteiger partial charge on any atom is -0.495 e. The Morgan fingerprint density at radius 1 is 0.972 bits per heavy atom. The second kappa shape index (κ2) is 11.3. The van der Waals surface area contributed by atoms with Crippen LogP contribution in [0.15, 0.2) is 70.3 Å². The molecule has 3 aromatic carbocycles. The Bertz CT molecular complexity index is 1530. The number of ether oxygens (including phenoxy) is 1. The van der Waals surface area contributed by atoms with E-state index >= 15 is 0 Å². The van der Waals surface area contributed by atoms with Gasteiger partial charge in [0, 0.05) is 23.1 Å². The normalized spacial score (nSPS) is 10.9. The van der Waals surface area contributed by atoms with E-state index in [0.717, 1.165) is 15.7 Å². The molecule has 0 aliphatic rings. The van der Waals surface area contributed by atoms with Gasteiger partial charge in [-0.1, -0.05) is 59.6 Å². The Morgan fingerprint density at radius 3 is 2.25 bits per heavy atom. The van der Waals surface area contributed by atoms with Crippen molar-refractivity contribution in [3.05, 3.63) is 103 Å². The lowest BCUT2D eigenvalue weighted by molar-refractivity contribution is 0.252. The average molecular weight is 527 g/mol. The zero-order valence-corrected chi connectivity index (χ0v) is 20.9. The van der Waals surface area contributed by atoms with Gasteiger partial charge in [0.15, 0.2) is 0 Å². The highest BCUT2D eigenvalue weighted by atomic mass is 35.5. The molecule has 0 saturated carbocycles. The van der Waals surface area contributed by atoms with Crippen molar-refractivity contribution in [2.24, 2.45) is 0 Å². The summed E-state index contributed by atoms with van der Waals surface area (Å²) in [5, 5.41) is 6.94. The van der Waals surface area contributed by atoms with Gasteiger partial charge in [0.2, 0.25) is 0 Å². The summed E-state index contributed by atoms with van der Waals surface area (Å²) in [5.74, 6) is 0.283. The van der Waals surface area contributed by atoms with Crippen LogP contribution in [0, 0.1) is 0 Å². The molecule has 0 fully saturated rings. The molecule has 0 unspecified atom stereocenters. The number of carbonyl (C=O) groups is 1. The second-order valence-electron chi connectivity index (χ2n) is 8.05. The maximum atomic E-state index is 13.1. The molecule has 36 heavy (non-hydrogen) atoms. The summed E-state index contributed by atoms with van der Waals surface area (Å²) >= 11 is 12.3. The van der Waals surface area contributed by atoms with E-state index in [0.29, 0.717) is 35.1 Å². The molecule has 0 spiro atoms. The minimum atomic E-state index is -0.556. The van der Waals surface area contributed by atoms with Gasteiger partial charge in [0.1, 0.15) is 5.75 Å². The van der Waals surface area contributed by atoms with Gasteiger partial charge in [-0.05, 0) is 48.2 Å². The first-order chi connectivity index (χ1) is 17.4. The Labute approximate surface area is 216 Å². The van der Waals surface area contributed by atoms with E-state index in [9.17, 15) is 14.4 Å². The van der Waals surface area contributed by atoms with Crippen molar-refractivity contribution in [2.75, 3.05) is 19.0 Å². The van der Waals surface area contributed by atoms with E-state index in [2.05, 4.69) is 15.6 Å². The molecule has 8 nitrogen and oxygen atoms in total. The SMILES string of the molecule is COc1cc2c(=O)n(CCc3ccccc3Cl)c(=O)[nH]c2cc1NC(=O)NCCc1ccccc1Cl. The summed E-state index contributed by atoms with van der Waals surface area (Å²) in [4.78, 5) is 41.0. The molecule has 2 amide bonds. The number of nitrogens with one attached hydrogen (secondary N) is 3. The highest BCUT2D eigenvalue weighted by Crippen LogP contribution is 2.28. The van der Waals surface area contributed by atoms with Crippen LogP contribution >= 0.6 is 23.2 Å². The molecule has 0 saturated heterocycles. The lowest BCUT2D eigenvalue weighted by Crippen LogP contribution is -2.35. The number of amides is 2. The number of urea groups is 1. The molecule has 10 heteroatoms. The Morgan fingerprint density at radius 2 is 1.61 bits per heavy atom. The summed E-state index contributed by atoms with van der Waals surface area (Å²) in [6, 6.07) is 17.2. The molecule has 3 N–H and O–H groups in total. The van der Waals surface area contributed by atoms with Gasteiger partial charge < -0.3 is 20.4 Å². The number of H-pyrrole nitrogens is 1. The highest BCUT2D eigenvalue weighted by Gasteiger charge is 2.15. The Balaban J connectivity index is 1.52. The number of rotatable bonds is 8. The second-order valence-corrected chi connectivity index (χ2v) is 8.86. The van der Waals surface area contributed by atoms with Crippen molar-refractivity contribution in [2.45, 2.75) is 19.4 Å². The number of anilines is 1. The zero-order chi connectivity index (χ0) is 25.7. The van der Waals surface area contributed by atoms with E-state index in [-0.39, 0.29) is 23.2 Å². The number of halogens is 2. The van der Waals surface area contributed by atoms with Crippen LogP contribution in [-0.2, 0) is 19.4 Å². The standard InChI is InChI=1S/C26H24Cl2N4O4/c1-36-23-14-18-21(15-22(23)30-25(34)29-12-10-16-6-2-4-8-19(16)27)31-26(35)32(24(18)33)13-11-17-7-3-5-9-20(17)28/h2-9,14-15H,10-13H2,1H3,(H,31,35)(H2,29,30,34). The molecule has 0 atom stereocenters. The molecule has 0 radical (unpaired) electrons. The third kappa shape index (κ3) is 5.72. The van der Waals surface area contributed by atoms with Gasteiger partial charge in [0.25, 0.3) is 5.56 Å². The van der Waals surface area contributed by atoms with Gasteiger partial charge >= 0.3 is 11.7 Å². The number of hydrogen-bond acceptors (Lipinski definition) is 4. The predicted molar refractivity (Wildman–Crippen MR) is 143 cm³/mol. The first-order valence-electron chi connectivity index (χ1n) is 11.2. The molecule has 0 aliphatic carbocycles. The lowest BCUT2D eigenvalue weighted by atomic mass is 10.1. The number of aromatic nitrogens is 2. The van der Waals surface area contributed by atoms with Crippen LogP contribution in [0.4, 0.5) is 10.5 Å². The van der Waals surface area contributed by atoms with Crippen LogP contribution in [0.2, 0.25) is 10.0 Å². The van der Waals surface area contributed by atoms with Crippen molar-refractivity contribution in [1.82, 2.24) is 14.9 Å². The quantitative estimate of drug-likeness (QED) is 0.311. The summed E-state index contributed by atoms with van der Waals surface area (Å²) in [6.45, 7) is 0.516. The Hall–Kier alpha value is -3.75.